The van der Waals surface area contributed by atoms with Gasteiger partial charge in [-0.2, -0.15) is 4.31 Å². The predicted molar refractivity (Wildman–Crippen MR) is 132 cm³/mol. The number of imide groups is 1. The molecule has 1 atom stereocenters. The van der Waals surface area contributed by atoms with E-state index in [-0.39, 0.29) is 12.6 Å². The highest BCUT2D eigenvalue weighted by Crippen LogP contribution is 2.33. The lowest BCUT2D eigenvalue weighted by Crippen LogP contribution is -2.52. The number of fused-ring (bicyclic) bond motifs is 1. The van der Waals surface area contributed by atoms with Crippen molar-refractivity contribution in [3.63, 3.8) is 0 Å². The van der Waals surface area contributed by atoms with E-state index >= 15 is 0 Å². The van der Waals surface area contributed by atoms with Crippen molar-refractivity contribution in [1.29, 1.82) is 0 Å². The fraction of sp³-hybridized carbons (Fsp3) is 0.462. The number of sulfonamides is 1. The summed E-state index contributed by atoms with van der Waals surface area (Å²) in [5.74, 6) is -0.273. The van der Waals surface area contributed by atoms with Gasteiger partial charge in [-0.3, -0.25) is 9.69 Å². The van der Waals surface area contributed by atoms with E-state index < -0.39 is 21.6 Å². The first-order chi connectivity index (χ1) is 16.6. The van der Waals surface area contributed by atoms with Crippen LogP contribution in [0.1, 0.15) is 41.2 Å². The molecule has 0 bridgehead atoms. The first kappa shape index (κ1) is 24.0. The molecule has 3 amide bonds. The molecule has 0 radical (unpaired) electrons. The minimum atomic E-state index is -3.59. The molecule has 2 fully saturated rings. The van der Waals surface area contributed by atoms with Gasteiger partial charge in [0.15, 0.2) is 0 Å². The summed E-state index contributed by atoms with van der Waals surface area (Å²) in [6, 6.07) is 10.8. The Hall–Kier alpha value is -2.75. The third-order valence-electron chi connectivity index (χ3n) is 7.74. The zero-order valence-electron chi connectivity index (χ0n) is 20.5. The fourth-order valence-corrected chi connectivity index (χ4v) is 6.75. The van der Waals surface area contributed by atoms with Crippen molar-refractivity contribution in [2.45, 2.75) is 50.5 Å². The number of nitrogens with zero attached hydrogens (tertiary/aromatic N) is 3. The number of benzene rings is 2. The SMILES string of the molecule is Cc1ccc(S(=O)(=O)N2CCN(CN3C(=O)N[C@@](C)(c4ccc5c(c4)CCC5)C3=O)CC2)cc1C. The summed E-state index contributed by atoms with van der Waals surface area (Å²) in [6.07, 6.45) is 3.18. The molecule has 0 unspecified atom stereocenters. The number of piperazine rings is 1. The molecule has 186 valence electrons. The van der Waals surface area contributed by atoms with Gasteiger partial charge < -0.3 is 5.32 Å². The van der Waals surface area contributed by atoms with Gasteiger partial charge in [0.25, 0.3) is 5.91 Å². The summed E-state index contributed by atoms with van der Waals surface area (Å²) in [5, 5.41) is 2.90. The van der Waals surface area contributed by atoms with Gasteiger partial charge in [0.2, 0.25) is 10.0 Å². The Labute approximate surface area is 206 Å². The number of hydrogen-bond acceptors (Lipinski definition) is 5. The number of hydrogen-bond donors (Lipinski definition) is 1. The molecular weight excluding hydrogens is 464 g/mol. The fourth-order valence-electron chi connectivity index (χ4n) is 5.24. The molecule has 0 spiro atoms. The number of amides is 3. The second-order valence-corrected chi connectivity index (χ2v) is 12.0. The van der Waals surface area contributed by atoms with Crippen LogP contribution in [-0.4, -0.2) is 67.3 Å². The first-order valence-electron chi connectivity index (χ1n) is 12.2. The average Bonchev–Trinajstić information content (AvgIpc) is 3.39. The largest absolute Gasteiger partial charge is 0.326 e. The van der Waals surface area contributed by atoms with Gasteiger partial charge >= 0.3 is 6.03 Å². The molecule has 0 saturated carbocycles. The average molecular weight is 497 g/mol. The maximum Gasteiger partial charge on any atom is 0.326 e. The van der Waals surface area contributed by atoms with E-state index in [9.17, 15) is 18.0 Å². The normalized spacial score (nSPS) is 23.6. The van der Waals surface area contributed by atoms with Crippen LogP contribution in [0.2, 0.25) is 0 Å². The molecule has 2 saturated heterocycles. The molecule has 2 aromatic rings. The summed E-state index contributed by atoms with van der Waals surface area (Å²) < 4.78 is 27.7. The van der Waals surface area contributed by atoms with E-state index in [0.29, 0.717) is 31.1 Å². The molecule has 8 nitrogen and oxygen atoms in total. The number of urea groups is 1. The second kappa shape index (κ2) is 8.72. The topological polar surface area (TPSA) is 90.0 Å². The number of aryl methyl sites for hydroxylation is 4. The van der Waals surface area contributed by atoms with Crippen molar-refractivity contribution in [1.82, 2.24) is 19.4 Å². The summed E-state index contributed by atoms with van der Waals surface area (Å²) in [4.78, 5) is 29.7. The highest BCUT2D eigenvalue weighted by molar-refractivity contribution is 7.89. The van der Waals surface area contributed by atoms with Crippen LogP contribution < -0.4 is 5.32 Å². The van der Waals surface area contributed by atoms with Crippen molar-refractivity contribution < 1.29 is 18.0 Å². The minimum Gasteiger partial charge on any atom is -0.319 e. The Balaban J connectivity index is 1.25. The first-order valence-corrected chi connectivity index (χ1v) is 13.6. The van der Waals surface area contributed by atoms with Crippen LogP contribution in [0.15, 0.2) is 41.3 Å². The van der Waals surface area contributed by atoms with Crippen LogP contribution in [0.5, 0.6) is 0 Å². The molecule has 5 rings (SSSR count). The van der Waals surface area contributed by atoms with Gasteiger partial charge in [-0.1, -0.05) is 24.3 Å². The van der Waals surface area contributed by atoms with Crippen LogP contribution in [-0.2, 0) is 33.2 Å². The van der Waals surface area contributed by atoms with E-state index in [1.165, 1.54) is 20.3 Å². The van der Waals surface area contributed by atoms with Gasteiger partial charge in [-0.05, 0) is 80.0 Å². The van der Waals surface area contributed by atoms with Crippen molar-refractivity contribution in [3.8, 4) is 0 Å². The second-order valence-electron chi connectivity index (χ2n) is 10.0. The van der Waals surface area contributed by atoms with E-state index in [0.717, 1.165) is 36.0 Å². The van der Waals surface area contributed by atoms with Gasteiger partial charge in [0.05, 0.1) is 11.6 Å². The standard InChI is InChI=1S/C26H32N4O4S/c1-18-7-10-23(15-19(18)2)35(33,34)29-13-11-28(12-14-29)17-30-24(31)26(3,27-25(30)32)22-9-8-20-5-4-6-21(20)16-22/h7-10,15-16H,4-6,11-14,17H2,1-3H3,(H,27,32)/t26-/m0/s1. The smallest absolute Gasteiger partial charge is 0.319 e. The van der Waals surface area contributed by atoms with Crippen LogP contribution in [0.4, 0.5) is 4.79 Å². The lowest BCUT2D eigenvalue weighted by Gasteiger charge is -2.35. The Kier molecular flexibility index (Phi) is 5.97. The summed E-state index contributed by atoms with van der Waals surface area (Å²) in [5.41, 5.74) is 4.28. The monoisotopic (exact) mass is 496 g/mol. The Morgan fingerprint density at radius 1 is 0.914 bits per heavy atom. The van der Waals surface area contributed by atoms with E-state index in [1.807, 2.05) is 30.9 Å². The van der Waals surface area contributed by atoms with Gasteiger partial charge in [0.1, 0.15) is 5.54 Å². The molecule has 1 N–H and O–H groups in total. The molecular formula is C26H32N4O4S. The zero-order chi connectivity index (χ0) is 25.0. The van der Waals surface area contributed by atoms with Crippen molar-refractivity contribution in [3.05, 3.63) is 64.2 Å². The molecule has 2 heterocycles. The van der Waals surface area contributed by atoms with Crippen LogP contribution in [0.25, 0.3) is 0 Å². The number of nitrogens with one attached hydrogen (secondary N) is 1. The molecule has 0 aromatic heterocycles. The Morgan fingerprint density at radius 2 is 1.63 bits per heavy atom. The summed E-state index contributed by atoms with van der Waals surface area (Å²) in [7, 11) is -3.59. The highest BCUT2D eigenvalue weighted by atomic mass is 32.2. The Bertz CT molecular complexity index is 1300. The molecule has 35 heavy (non-hydrogen) atoms. The van der Waals surface area contributed by atoms with Crippen LogP contribution >= 0.6 is 0 Å². The summed E-state index contributed by atoms with van der Waals surface area (Å²) >= 11 is 0. The minimum absolute atomic E-state index is 0.142. The molecule has 1 aliphatic carbocycles. The zero-order valence-corrected chi connectivity index (χ0v) is 21.3. The lowest BCUT2D eigenvalue weighted by atomic mass is 9.90. The maximum atomic E-state index is 13.4. The van der Waals surface area contributed by atoms with E-state index in [2.05, 4.69) is 17.4 Å². The molecule has 3 aliphatic rings. The molecule has 9 heteroatoms. The van der Waals surface area contributed by atoms with Crippen molar-refractivity contribution >= 4 is 22.0 Å². The molecule has 2 aliphatic heterocycles. The van der Waals surface area contributed by atoms with E-state index in [4.69, 9.17) is 0 Å². The lowest BCUT2D eigenvalue weighted by molar-refractivity contribution is -0.132. The quantitative estimate of drug-likeness (QED) is 0.643. The predicted octanol–water partition coefficient (Wildman–Crippen LogP) is 2.52. The third kappa shape index (κ3) is 4.15. The van der Waals surface area contributed by atoms with Gasteiger partial charge in [-0.15, -0.1) is 0 Å². The maximum absolute atomic E-state index is 13.4. The van der Waals surface area contributed by atoms with Crippen LogP contribution in [0.3, 0.4) is 0 Å². The number of rotatable bonds is 5. The van der Waals surface area contributed by atoms with E-state index in [1.54, 1.807) is 19.1 Å². The number of carbonyl (C=O) groups excluding carboxylic acids is 2. The van der Waals surface area contributed by atoms with Crippen LogP contribution in [0, 0.1) is 13.8 Å². The highest BCUT2D eigenvalue weighted by Gasteiger charge is 2.49. The third-order valence-corrected chi connectivity index (χ3v) is 9.63. The van der Waals surface area contributed by atoms with Crippen molar-refractivity contribution in [2.24, 2.45) is 0 Å². The Morgan fingerprint density at radius 3 is 2.34 bits per heavy atom. The van der Waals surface area contributed by atoms with Gasteiger partial charge in [-0.25, -0.2) is 18.1 Å². The summed E-state index contributed by atoms with van der Waals surface area (Å²) in [6.45, 7) is 7.26. The molecule has 2 aromatic carbocycles. The number of carbonyl (C=O) groups is 2. The van der Waals surface area contributed by atoms with Gasteiger partial charge in [0, 0.05) is 26.2 Å². The van der Waals surface area contributed by atoms with Crippen molar-refractivity contribution in [2.75, 3.05) is 32.8 Å².